The van der Waals surface area contributed by atoms with E-state index in [0.29, 0.717) is 24.2 Å². The molecule has 2 aromatic rings. The lowest BCUT2D eigenvalue weighted by atomic mass is 10.1. The first kappa shape index (κ1) is 19.0. The second kappa shape index (κ2) is 8.25. The SMILES string of the molecule is CCC(=O)N(C)c1ccccc1C(=O)NCC(C)N1CCc2ccccc21. The second-order valence-electron chi connectivity index (χ2n) is 6.95. The average molecular weight is 365 g/mol. The molecule has 27 heavy (non-hydrogen) atoms. The van der Waals surface area contributed by atoms with Crippen molar-refractivity contribution in [2.24, 2.45) is 0 Å². The Morgan fingerprint density at radius 1 is 1.15 bits per heavy atom. The first-order valence-electron chi connectivity index (χ1n) is 9.51. The lowest BCUT2D eigenvalue weighted by Crippen LogP contribution is -2.41. The fraction of sp³-hybridized carbons (Fsp3) is 0.364. The van der Waals surface area contributed by atoms with Gasteiger partial charge in [0.2, 0.25) is 5.91 Å². The monoisotopic (exact) mass is 365 g/mol. The molecule has 3 rings (SSSR count). The van der Waals surface area contributed by atoms with Crippen LogP contribution < -0.4 is 15.1 Å². The summed E-state index contributed by atoms with van der Waals surface area (Å²) in [6.07, 6.45) is 1.44. The quantitative estimate of drug-likeness (QED) is 0.855. The van der Waals surface area contributed by atoms with Crippen LogP contribution in [-0.4, -0.2) is 38.0 Å². The van der Waals surface area contributed by atoms with Crippen molar-refractivity contribution in [2.45, 2.75) is 32.7 Å². The van der Waals surface area contributed by atoms with Crippen molar-refractivity contribution in [1.82, 2.24) is 5.32 Å². The van der Waals surface area contributed by atoms with Gasteiger partial charge in [-0.1, -0.05) is 37.3 Å². The molecule has 1 heterocycles. The Hall–Kier alpha value is -2.82. The molecule has 0 spiro atoms. The number of nitrogens with zero attached hydrogens (tertiary/aromatic N) is 2. The van der Waals surface area contributed by atoms with Crippen LogP contribution in [0.4, 0.5) is 11.4 Å². The van der Waals surface area contributed by atoms with Crippen molar-refractivity contribution in [3.05, 3.63) is 59.7 Å². The maximum atomic E-state index is 12.8. The molecular weight excluding hydrogens is 338 g/mol. The summed E-state index contributed by atoms with van der Waals surface area (Å²) in [5, 5.41) is 3.04. The highest BCUT2D eigenvalue weighted by molar-refractivity contribution is 6.04. The van der Waals surface area contributed by atoms with Crippen molar-refractivity contribution >= 4 is 23.2 Å². The van der Waals surface area contributed by atoms with Crippen LogP contribution in [0.15, 0.2) is 48.5 Å². The van der Waals surface area contributed by atoms with E-state index in [9.17, 15) is 9.59 Å². The summed E-state index contributed by atoms with van der Waals surface area (Å²) in [4.78, 5) is 28.7. The van der Waals surface area contributed by atoms with Gasteiger partial charge in [0.25, 0.3) is 5.91 Å². The first-order chi connectivity index (χ1) is 13.0. The van der Waals surface area contributed by atoms with Crippen molar-refractivity contribution in [2.75, 3.05) is 29.9 Å². The van der Waals surface area contributed by atoms with E-state index in [1.54, 1.807) is 18.0 Å². The van der Waals surface area contributed by atoms with Crippen LogP contribution in [-0.2, 0) is 11.2 Å². The Labute approximate surface area is 161 Å². The Bertz CT molecular complexity index is 834. The van der Waals surface area contributed by atoms with Gasteiger partial charge >= 0.3 is 0 Å². The van der Waals surface area contributed by atoms with Gasteiger partial charge < -0.3 is 15.1 Å². The van der Waals surface area contributed by atoms with Crippen LogP contribution in [0.5, 0.6) is 0 Å². The number of para-hydroxylation sites is 2. The minimum atomic E-state index is -0.152. The number of fused-ring (bicyclic) bond motifs is 1. The van der Waals surface area contributed by atoms with Gasteiger partial charge in [-0.2, -0.15) is 0 Å². The van der Waals surface area contributed by atoms with Crippen LogP contribution >= 0.6 is 0 Å². The molecule has 142 valence electrons. The minimum absolute atomic E-state index is 0.0164. The number of anilines is 2. The largest absolute Gasteiger partial charge is 0.366 e. The molecule has 0 saturated heterocycles. The third kappa shape index (κ3) is 3.97. The molecule has 5 heteroatoms. The maximum absolute atomic E-state index is 12.8. The van der Waals surface area contributed by atoms with E-state index in [2.05, 4.69) is 41.4 Å². The second-order valence-corrected chi connectivity index (χ2v) is 6.95. The molecule has 1 aliphatic heterocycles. The number of carbonyl (C=O) groups excluding carboxylic acids is 2. The smallest absolute Gasteiger partial charge is 0.253 e. The Morgan fingerprint density at radius 3 is 2.63 bits per heavy atom. The summed E-state index contributed by atoms with van der Waals surface area (Å²) in [6, 6.07) is 15.9. The zero-order chi connectivity index (χ0) is 19.4. The molecule has 1 aliphatic rings. The van der Waals surface area contributed by atoms with Gasteiger partial charge in [-0.15, -0.1) is 0 Å². The number of benzene rings is 2. The predicted molar refractivity (Wildman–Crippen MR) is 109 cm³/mol. The Morgan fingerprint density at radius 2 is 1.85 bits per heavy atom. The number of hydrogen-bond acceptors (Lipinski definition) is 3. The molecule has 0 bridgehead atoms. The number of amides is 2. The van der Waals surface area contributed by atoms with Crippen LogP contribution in [0, 0.1) is 0 Å². The molecular formula is C22H27N3O2. The predicted octanol–water partition coefficient (Wildman–Crippen LogP) is 3.24. The Balaban J connectivity index is 1.68. The van der Waals surface area contributed by atoms with E-state index in [4.69, 9.17) is 0 Å². The molecule has 1 unspecified atom stereocenters. The molecule has 0 radical (unpaired) electrons. The molecule has 2 aromatic carbocycles. The molecule has 1 N–H and O–H groups in total. The lowest BCUT2D eigenvalue weighted by Gasteiger charge is -2.28. The van der Waals surface area contributed by atoms with E-state index in [1.807, 2.05) is 25.1 Å². The van der Waals surface area contributed by atoms with Crippen molar-refractivity contribution in [1.29, 1.82) is 0 Å². The zero-order valence-corrected chi connectivity index (χ0v) is 16.2. The molecule has 0 saturated carbocycles. The number of nitrogens with one attached hydrogen (secondary N) is 1. The molecule has 1 atom stereocenters. The minimum Gasteiger partial charge on any atom is -0.366 e. The highest BCUT2D eigenvalue weighted by atomic mass is 16.2. The summed E-state index contributed by atoms with van der Waals surface area (Å²) in [6.45, 7) is 5.46. The van der Waals surface area contributed by atoms with E-state index in [0.717, 1.165) is 13.0 Å². The van der Waals surface area contributed by atoms with Gasteiger partial charge in [-0.25, -0.2) is 0 Å². The fourth-order valence-electron chi connectivity index (χ4n) is 3.60. The maximum Gasteiger partial charge on any atom is 0.253 e. The summed E-state index contributed by atoms with van der Waals surface area (Å²) >= 11 is 0. The van der Waals surface area contributed by atoms with E-state index in [1.165, 1.54) is 11.3 Å². The van der Waals surface area contributed by atoms with Gasteiger partial charge in [0, 0.05) is 38.3 Å². The standard InChI is InChI=1S/C22H27N3O2/c1-4-21(26)24(3)20-12-8-6-10-18(20)22(27)23-15-16(2)25-14-13-17-9-5-7-11-19(17)25/h5-12,16H,4,13-15H2,1-3H3,(H,23,27). The van der Waals surface area contributed by atoms with Crippen LogP contribution in [0.25, 0.3) is 0 Å². The summed E-state index contributed by atoms with van der Waals surface area (Å²) in [7, 11) is 1.71. The molecule has 5 nitrogen and oxygen atoms in total. The third-order valence-corrected chi connectivity index (χ3v) is 5.20. The van der Waals surface area contributed by atoms with Gasteiger partial charge in [0.1, 0.15) is 0 Å². The molecule has 0 fully saturated rings. The molecule has 0 aliphatic carbocycles. The first-order valence-corrected chi connectivity index (χ1v) is 9.51. The van der Waals surface area contributed by atoms with Crippen LogP contribution in [0.1, 0.15) is 36.2 Å². The van der Waals surface area contributed by atoms with Gasteiger partial charge in [-0.05, 0) is 37.1 Å². The van der Waals surface area contributed by atoms with Crippen molar-refractivity contribution in [3.63, 3.8) is 0 Å². The van der Waals surface area contributed by atoms with Gasteiger partial charge in [0.15, 0.2) is 0 Å². The highest BCUT2D eigenvalue weighted by Crippen LogP contribution is 2.29. The van der Waals surface area contributed by atoms with E-state index in [-0.39, 0.29) is 17.9 Å². The van der Waals surface area contributed by atoms with Crippen LogP contribution in [0.2, 0.25) is 0 Å². The van der Waals surface area contributed by atoms with Gasteiger partial charge in [0.05, 0.1) is 11.3 Å². The van der Waals surface area contributed by atoms with E-state index >= 15 is 0 Å². The van der Waals surface area contributed by atoms with Crippen molar-refractivity contribution < 1.29 is 9.59 Å². The third-order valence-electron chi connectivity index (χ3n) is 5.20. The van der Waals surface area contributed by atoms with Crippen molar-refractivity contribution in [3.8, 4) is 0 Å². The van der Waals surface area contributed by atoms with Gasteiger partial charge in [-0.3, -0.25) is 9.59 Å². The topological polar surface area (TPSA) is 52.7 Å². The number of rotatable bonds is 6. The average Bonchev–Trinajstić information content (AvgIpc) is 3.14. The molecule has 0 aromatic heterocycles. The number of hydrogen-bond donors (Lipinski definition) is 1. The molecule has 2 amide bonds. The van der Waals surface area contributed by atoms with E-state index < -0.39 is 0 Å². The number of carbonyl (C=O) groups is 2. The normalized spacial score (nSPS) is 13.8. The van der Waals surface area contributed by atoms with Crippen LogP contribution in [0.3, 0.4) is 0 Å². The fourth-order valence-corrected chi connectivity index (χ4v) is 3.60. The highest BCUT2D eigenvalue weighted by Gasteiger charge is 2.24. The summed E-state index contributed by atoms with van der Waals surface area (Å²) < 4.78 is 0. The summed E-state index contributed by atoms with van der Waals surface area (Å²) in [5.74, 6) is -0.169. The lowest BCUT2D eigenvalue weighted by molar-refractivity contribution is -0.118. The summed E-state index contributed by atoms with van der Waals surface area (Å²) in [5.41, 5.74) is 3.78. The Kier molecular flexibility index (Phi) is 5.79. The zero-order valence-electron chi connectivity index (χ0n) is 16.2.